The minimum Gasteiger partial charge on any atom is -0.478 e. The van der Waals surface area contributed by atoms with E-state index < -0.39 is 12.1 Å². The second-order valence-electron chi connectivity index (χ2n) is 3.60. The van der Waals surface area contributed by atoms with Gasteiger partial charge in [-0.1, -0.05) is 19.9 Å². The van der Waals surface area contributed by atoms with E-state index in [9.17, 15) is 9.90 Å². The molecule has 3 heteroatoms. The van der Waals surface area contributed by atoms with Crippen molar-refractivity contribution in [1.29, 1.82) is 0 Å². The van der Waals surface area contributed by atoms with E-state index in [0.717, 1.165) is 18.9 Å². The first-order valence-corrected chi connectivity index (χ1v) is 4.60. The summed E-state index contributed by atoms with van der Waals surface area (Å²) in [5.74, 6) is -0.380. The molecule has 1 atom stereocenters. The third kappa shape index (κ3) is 9.08. The van der Waals surface area contributed by atoms with Gasteiger partial charge in [-0.2, -0.15) is 0 Å². The van der Waals surface area contributed by atoms with E-state index in [0.29, 0.717) is 12.3 Å². The van der Waals surface area contributed by atoms with Gasteiger partial charge in [-0.25, -0.2) is 4.79 Å². The van der Waals surface area contributed by atoms with Gasteiger partial charge in [0.25, 0.3) is 0 Å². The number of rotatable bonds is 6. The maximum Gasteiger partial charge on any atom is 0.327 e. The van der Waals surface area contributed by atoms with E-state index in [1.807, 2.05) is 0 Å². The monoisotopic (exact) mass is 186 g/mol. The summed E-state index contributed by atoms with van der Waals surface area (Å²) in [6.45, 7) is 4.19. The Morgan fingerprint density at radius 1 is 1.38 bits per heavy atom. The van der Waals surface area contributed by atoms with Gasteiger partial charge < -0.3 is 10.2 Å². The van der Waals surface area contributed by atoms with Crippen LogP contribution in [0.15, 0.2) is 12.2 Å². The van der Waals surface area contributed by atoms with Crippen LogP contribution in [0.2, 0.25) is 0 Å². The van der Waals surface area contributed by atoms with Gasteiger partial charge in [-0.3, -0.25) is 0 Å². The third-order valence-corrected chi connectivity index (χ3v) is 1.75. The van der Waals surface area contributed by atoms with Crippen molar-refractivity contribution >= 4 is 5.97 Å². The summed E-state index contributed by atoms with van der Waals surface area (Å²) < 4.78 is 0. The SMILES string of the molecule is CC(C)CCC(O)CC=CC(=O)O. The van der Waals surface area contributed by atoms with Crippen LogP contribution in [0.1, 0.15) is 33.1 Å². The Hall–Kier alpha value is -0.830. The average molecular weight is 186 g/mol. The Bertz CT molecular complexity index is 173. The topological polar surface area (TPSA) is 57.5 Å². The van der Waals surface area contributed by atoms with Gasteiger partial charge in [-0.15, -0.1) is 0 Å². The van der Waals surface area contributed by atoms with Crippen molar-refractivity contribution in [3.8, 4) is 0 Å². The molecule has 0 rings (SSSR count). The summed E-state index contributed by atoms with van der Waals surface area (Å²) in [5, 5.41) is 17.6. The molecule has 3 nitrogen and oxygen atoms in total. The number of carbonyl (C=O) groups is 1. The van der Waals surface area contributed by atoms with Crippen LogP contribution in [0.5, 0.6) is 0 Å². The Balaban J connectivity index is 3.51. The van der Waals surface area contributed by atoms with Crippen molar-refractivity contribution in [1.82, 2.24) is 0 Å². The van der Waals surface area contributed by atoms with Crippen LogP contribution in [-0.2, 0) is 4.79 Å². The fourth-order valence-electron chi connectivity index (χ4n) is 0.970. The van der Waals surface area contributed by atoms with Crippen LogP contribution in [0, 0.1) is 5.92 Å². The van der Waals surface area contributed by atoms with Crippen molar-refractivity contribution in [2.24, 2.45) is 5.92 Å². The molecule has 0 aromatic rings. The molecule has 2 N–H and O–H groups in total. The fourth-order valence-corrected chi connectivity index (χ4v) is 0.970. The quantitative estimate of drug-likeness (QED) is 0.622. The van der Waals surface area contributed by atoms with Crippen LogP contribution >= 0.6 is 0 Å². The van der Waals surface area contributed by atoms with Crippen molar-refractivity contribution in [3.05, 3.63) is 12.2 Å². The molecule has 0 amide bonds. The standard InChI is InChI=1S/C10H18O3/c1-8(2)6-7-9(11)4-3-5-10(12)13/h3,5,8-9,11H,4,6-7H2,1-2H3,(H,12,13). The molecule has 0 saturated heterocycles. The van der Waals surface area contributed by atoms with Crippen LogP contribution < -0.4 is 0 Å². The van der Waals surface area contributed by atoms with Crippen molar-refractivity contribution in [2.45, 2.75) is 39.2 Å². The Labute approximate surface area is 79.1 Å². The summed E-state index contributed by atoms with van der Waals surface area (Å²) in [4.78, 5) is 10.1. The molecule has 1 unspecified atom stereocenters. The number of aliphatic hydroxyl groups is 1. The van der Waals surface area contributed by atoms with Gasteiger partial charge >= 0.3 is 5.97 Å². The zero-order chi connectivity index (χ0) is 10.3. The van der Waals surface area contributed by atoms with Crippen molar-refractivity contribution < 1.29 is 15.0 Å². The second-order valence-corrected chi connectivity index (χ2v) is 3.60. The Morgan fingerprint density at radius 3 is 2.46 bits per heavy atom. The molecule has 0 fully saturated rings. The molecule has 13 heavy (non-hydrogen) atoms. The minimum absolute atomic E-state index is 0.405. The zero-order valence-electron chi connectivity index (χ0n) is 8.23. The summed E-state index contributed by atoms with van der Waals surface area (Å²) in [6.07, 6.45) is 4.30. The molecular weight excluding hydrogens is 168 g/mol. The average Bonchev–Trinajstić information content (AvgIpc) is 2.00. The van der Waals surface area contributed by atoms with Crippen LogP contribution in [0.3, 0.4) is 0 Å². The molecule has 0 aliphatic rings. The first kappa shape index (κ1) is 12.2. The van der Waals surface area contributed by atoms with E-state index >= 15 is 0 Å². The number of hydrogen-bond donors (Lipinski definition) is 2. The van der Waals surface area contributed by atoms with Crippen LogP contribution in [0.25, 0.3) is 0 Å². The number of hydrogen-bond acceptors (Lipinski definition) is 2. The molecule has 0 aromatic carbocycles. The Morgan fingerprint density at radius 2 is 2.00 bits per heavy atom. The first-order valence-electron chi connectivity index (χ1n) is 4.60. The number of aliphatic hydroxyl groups excluding tert-OH is 1. The van der Waals surface area contributed by atoms with Gasteiger partial charge in [0.1, 0.15) is 0 Å². The van der Waals surface area contributed by atoms with E-state index in [1.165, 1.54) is 6.08 Å². The smallest absolute Gasteiger partial charge is 0.327 e. The lowest BCUT2D eigenvalue weighted by molar-refractivity contribution is -0.131. The zero-order valence-corrected chi connectivity index (χ0v) is 8.23. The van der Waals surface area contributed by atoms with E-state index in [1.54, 1.807) is 0 Å². The van der Waals surface area contributed by atoms with E-state index in [2.05, 4.69) is 13.8 Å². The highest BCUT2D eigenvalue weighted by atomic mass is 16.4. The summed E-state index contributed by atoms with van der Waals surface area (Å²) in [7, 11) is 0. The predicted molar refractivity (Wildman–Crippen MR) is 51.5 cm³/mol. The van der Waals surface area contributed by atoms with Crippen LogP contribution in [-0.4, -0.2) is 22.3 Å². The third-order valence-electron chi connectivity index (χ3n) is 1.75. The summed E-state index contributed by atoms with van der Waals surface area (Å²) in [5.41, 5.74) is 0. The second kappa shape index (κ2) is 6.66. The van der Waals surface area contributed by atoms with Gasteiger partial charge in [-0.05, 0) is 25.2 Å². The molecular formula is C10H18O3. The number of carboxylic acids is 1. The van der Waals surface area contributed by atoms with Gasteiger partial charge in [0.2, 0.25) is 0 Å². The van der Waals surface area contributed by atoms with Gasteiger partial charge in [0, 0.05) is 6.08 Å². The van der Waals surface area contributed by atoms with Crippen LogP contribution in [0.4, 0.5) is 0 Å². The lowest BCUT2D eigenvalue weighted by Crippen LogP contribution is -2.06. The molecule has 0 aliphatic heterocycles. The fraction of sp³-hybridized carbons (Fsp3) is 0.700. The van der Waals surface area contributed by atoms with E-state index in [-0.39, 0.29) is 0 Å². The molecule has 0 bridgehead atoms. The minimum atomic E-state index is -0.962. The first-order chi connectivity index (χ1) is 6.02. The molecule has 0 radical (unpaired) electrons. The highest BCUT2D eigenvalue weighted by Crippen LogP contribution is 2.09. The molecule has 0 saturated carbocycles. The maximum atomic E-state index is 10.1. The normalized spacial score (nSPS) is 13.8. The number of aliphatic carboxylic acids is 1. The highest BCUT2D eigenvalue weighted by molar-refractivity contribution is 5.79. The lowest BCUT2D eigenvalue weighted by Gasteiger charge is -2.09. The number of carboxylic acid groups (broad SMARTS) is 1. The highest BCUT2D eigenvalue weighted by Gasteiger charge is 2.03. The van der Waals surface area contributed by atoms with Gasteiger partial charge in [0.05, 0.1) is 6.10 Å². The molecule has 0 aliphatic carbocycles. The van der Waals surface area contributed by atoms with Crippen molar-refractivity contribution in [2.75, 3.05) is 0 Å². The van der Waals surface area contributed by atoms with Gasteiger partial charge in [0.15, 0.2) is 0 Å². The lowest BCUT2D eigenvalue weighted by atomic mass is 10.0. The van der Waals surface area contributed by atoms with Crippen molar-refractivity contribution in [3.63, 3.8) is 0 Å². The molecule has 76 valence electrons. The maximum absolute atomic E-state index is 10.1. The Kier molecular flexibility index (Phi) is 6.24. The summed E-state index contributed by atoms with van der Waals surface area (Å²) in [6, 6.07) is 0. The van der Waals surface area contributed by atoms with E-state index in [4.69, 9.17) is 5.11 Å². The molecule has 0 spiro atoms. The molecule has 0 aromatic heterocycles. The largest absolute Gasteiger partial charge is 0.478 e. The summed E-state index contributed by atoms with van der Waals surface area (Å²) >= 11 is 0. The molecule has 0 heterocycles. The predicted octanol–water partition coefficient (Wildman–Crippen LogP) is 1.81.